The van der Waals surface area contributed by atoms with Crippen molar-refractivity contribution in [2.45, 2.75) is 4.90 Å². The second-order valence-corrected chi connectivity index (χ2v) is 5.53. The molecule has 0 aliphatic rings. The fraction of sp³-hybridized carbons (Fsp3) is 0.0667. The molecule has 3 aromatic rings. The molecule has 23 heavy (non-hydrogen) atoms. The quantitative estimate of drug-likeness (QED) is 0.728. The molecule has 1 amide bonds. The number of halogens is 1. The summed E-state index contributed by atoms with van der Waals surface area (Å²) in [4.78, 5) is 20.4. The standard InChI is InChI=1S/C15H12FN5OS/c16-12-3-1-2-4-13(12)23-8-15(22)20-11-5-6-14(18-7-11)21-10-17-9-19-21/h1-7,9-10H,8H2,(H,20,22). The van der Waals surface area contributed by atoms with Gasteiger partial charge in [-0.15, -0.1) is 11.8 Å². The van der Waals surface area contributed by atoms with Crippen LogP contribution in [0, 0.1) is 5.82 Å². The fourth-order valence-electron chi connectivity index (χ4n) is 1.82. The van der Waals surface area contributed by atoms with Crippen LogP contribution in [0.15, 0.2) is 60.1 Å². The zero-order valence-corrected chi connectivity index (χ0v) is 12.7. The fourth-order valence-corrected chi connectivity index (χ4v) is 2.56. The number of hydrogen-bond acceptors (Lipinski definition) is 5. The number of anilines is 1. The molecule has 6 nitrogen and oxygen atoms in total. The smallest absolute Gasteiger partial charge is 0.234 e. The molecule has 2 heterocycles. The molecule has 0 spiro atoms. The minimum Gasteiger partial charge on any atom is -0.324 e. The first-order chi connectivity index (χ1) is 11.2. The van der Waals surface area contributed by atoms with E-state index in [4.69, 9.17) is 0 Å². The Balaban J connectivity index is 1.57. The molecule has 1 N–H and O–H groups in total. The molecule has 0 saturated heterocycles. The largest absolute Gasteiger partial charge is 0.324 e. The maximum Gasteiger partial charge on any atom is 0.234 e. The lowest BCUT2D eigenvalue weighted by Crippen LogP contribution is -2.14. The van der Waals surface area contributed by atoms with E-state index in [0.717, 1.165) is 11.8 Å². The molecule has 0 atom stereocenters. The van der Waals surface area contributed by atoms with Crippen molar-refractivity contribution >= 4 is 23.4 Å². The number of nitrogens with zero attached hydrogens (tertiary/aromatic N) is 4. The van der Waals surface area contributed by atoms with E-state index in [2.05, 4.69) is 20.4 Å². The summed E-state index contributed by atoms with van der Waals surface area (Å²) >= 11 is 1.15. The molecular formula is C15H12FN5OS. The van der Waals surface area contributed by atoms with Gasteiger partial charge in [-0.05, 0) is 24.3 Å². The Hall–Kier alpha value is -2.74. The lowest BCUT2D eigenvalue weighted by atomic mass is 10.3. The Morgan fingerprint density at radius 2 is 2.13 bits per heavy atom. The number of rotatable bonds is 5. The molecule has 3 rings (SSSR count). The highest BCUT2D eigenvalue weighted by Crippen LogP contribution is 2.21. The first kappa shape index (κ1) is 15.2. The van der Waals surface area contributed by atoms with Gasteiger partial charge >= 0.3 is 0 Å². The average molecular weight is 329 g/mol. The molecule has 0 aliphatic carbocycles. The maximum absolute atomic E-state index is 13.5. The van der Waals surface area contributed by atoms with E-state index in [9.17, 15) is 9.18 Å². The Morgan fingerprint density at radius 1 is 1.26 bits per heavy atom. The molecule has 0 aliphatic heterocycles. The van der Waals surface area contributed by atoms with Crippen molar-refractivity contribution in [3.8, 4) is 5.82 Å². The van der Waals surface area contributed by atoms with Gasteiger partial charge in [-0.1, -0.05) is 12.1 Å². The second-order valence-electron chi connectivity index (χ2n) is 4.51. The molecule has 8 heteroatoms. The first-order valence-electron chi connectivity index (χ1n) is 6.70. The summed E-state index contributed by atoms with van der Waals surface area (Å²) in [6, 6.07) is 9.79. The van der Waals surface area contributed by atoms with E-state index in [1.165, 1.54) is 29.6 Å². The van der Waals surface area contributed by atoms with Gasteiger partial charge in [0, 0.05) is 4.90 Å². The van der Waals surface area contributed by atoms with Crippen LogP contribution in [0.25, 0.3) is 5.82 Å². The van der Waals surface area contributed by atoms with Crippen molar-refractivity contribution in [3.63, 3.8) is 0 Å². The van der Waals surface area contributed by atoms with Crippen molar-refractivity contribution < 1.29 is 9.18 Å². The third-order valence-corrected chi connectivity index (χ3v) is 3.93. The summed E-state index contributed by atoms with van der Waals surface area (Å²) in [6.07, 6.45) is 4.48. The molecule has 0 saturated carbocycles. The van der Waals surface area contributed by atoms with Gasteiger partial charge in [-0.3, -0.25) is 4.79 Å². The summed E-state index contributed by atoms with van der Waals surface area (Å²) in [5.41, 5.74) is 0.563. The summed E-state index contributed by atoms with van der Waals surface area (Å²) in [6.45, 7) is 0. The lowest BCUT2D eigenvalue weighted by Gasteiger charge is -2.06. The van der Waals surface area contributed by atoms with Gasteiger partial charge in [-0.25, -0.2) is 19.0 Å². The highest BCUT2D eigenvalue weighted by atomic mass is 32.2. The summed E-state index contributed by atoms with van der Waals surface area (Å²) in [7, 11) is 0. The zero-order valence-electron chi connectivity index (χ0n) is 11.9. The summed E-state index contributed by atoms with van der Waals surface area (Å²) in [5, 5.41) is 6.68. The van der Waals surface area contributed by atoms with Gasteiger partial charge in [0.05, 0.1) is 17.6 Å². The third kappa shape index (κ3) is 3.92. The van der Waals surface area contributed by atoms with Crippen LogP contribution in [0.4, 0.5) is 10.1 Å². The van der Waals surface area contributed by atoms with E-state index >= 15 is 0 Å². The van der Waals surface area contributed by atoms with Gasteiger partial charge in [0.15, 0.2) is 5.82 Å². The maximum atomic E-state index is 13.5. The lowest BCUT2D eigenvalue weighted by molar-refractivity contribution is -0.113. The molecule has 0 fully saturated rings. The average Bonchev–Trinajstić information content (AvgIpc) is 3.09. The van der Waals surface area contributed by atoms with E-state index < -0.39 is 0 Å². The molecular weight excluding hydrogens is 317 g/mol. The van der Waals surface area contributed by atoms with Crippen LogP contribution in [0.2, 0.25) is 0 Å². The molecule has 0 radical (unpaired) electrons. The number of nitrogens with one attached hydrogen (secondary N) is 1. The predicted octanol–water partition coefficient (Wildman–Crippen LogP) is 2.53. The number of thioether (sulfide) groups is 1. The Bertz CT molecular complexity index is 792. The summed E-state index contributed by atoms with van der Waals surface area (Å²) in [5.74, 6) is 0.158. The highest BCUT2D eigenvalue weighted by molar-refractivity contribution is 8.00. The van der Waals surface area contributed by atoms with E-state index in [1.807, 2.05) is 0 Å². The van der Waals surface area contributed by atoms with Gasteiger partial charge in [0.25, 0.3) is 0 Å². The molecule has 0 unspecified atom stereocenters. The van der Waals surface area contributed by atoms with Crippen LogP contribution in [-0.2, 0) is 4.79 Å². The van der Waals surface area contributed by atoms with Crippen LogP contribution in [0.1, 0.15) is 0 Å². The predicted molar refractivity (Wildman–Crippen MR) is 84.9 cm³/mol. The molecule has 116 valence electrons. The minimum absolute atomic E-state index is 0.117. The molecule has 2 aromatic heterocycles. The van der Waals surface area contributed by atoms with Crippen LogP contribution in [0.3, 0.4) is 0 Å². The topological polar surface area (TPSA) is 72.7 Å². The minimum atomic E-state index is -0.329. The molecule has 0 bridgehead atoms. The van der Waals surface area contributed by atoms with Crippen molar-refractivity contribution in [1.82, 2.24) is 19.7 Å². The number of benzene rings is 1. The van der Waals surface area contributed by atoms with Gasteiger partial charge in [0.2, 0.25) is 5.91 Å². The monoisotopic (exact) mass is 329 g/mol. The zero-order chi connectivity index (χ0) is 16.1. The summed E-state index contributed by atoms with van der Waals surface area (Å²) < 4.78 is 15.0. The van der Waals surface area contributed by atoms with Gasteiger partial charge in [-0.2, -0.15) is 5.10 Å². The van der Waals surface area contributed by atoms with Crippen LogP contribution in [-0.4, -0.2) is 31.4 Å². The van der Waals surface area contributed by atoms with Crippen molar-refractivity contribution in [2.75, 3.05) is 11.1 Å². The Labute approximate surface area is 135 Å². The Morgan fingerprint density at radius 3 is 2.83 bits per heavy atom. The van der Waals surface area contributed by atoms with Crippen LogP contribution < -0.4 is 5.32 Å². The van der Waals surface area contributed by atoms with Gasteiger partial charge in [0.1, 0.15) is 18.5 Å². The van der Waals surface area contributed by atoms with E-state index in [0.29, 0.717) is 16.4 Å². The van der Waals surface area contributed by atoms with E-state index in [1.54, 1.807) is 30.3 Å². The number of aromatic nitrogens is 4. The van der Waals surface area contributed by atoms with E-state index in [-0.39, 0.29) is 17.5 Å². The second kappa shape index (κ2) is 7.01. The van der Waals surface area contributed by atoms with Gasteiger partial charge < -0.3 is 5.32 Å². The van der Waals surface area contributed by atoms with Crippen LogP contribution in [0.5, 0.6) is 0 Å². The highest BCUT2D eigenvalue weighted by Gasteiger charge is 2.07. The number of carbonyl (C=O) groups excluding carboxylic acids is 1. The number of carbonyl (C=O) groups is 1. The van der Waals surface area contributed by atoms with Crippen LogP contribution >= 0.6 is 11.8 Å². The number of amides is 1. The van der Waals surface area contributed by atoms with Crippen molar-refractivity contribution in [2.24, 2.45) is 0 Å². The SMILES string of the molecule is O=C(CSc1ccccc1F)Nc1ccc(-n2cncn2)nc1. The Kier molecular flexibility index (Phi) is 4.62. The number of pyridine rings is 1. The third-order valence-electron chi connectivity index (χ3n) is 2.88. The molecule has 1 aromatic carbocycles. The van der Waals surface area contributed by atoms with Crippen molar-refractivity contribution in [3.05, 3.63) is 61.1 Å². The number of hydrogen-bond donors (Lipinski definition) is 1. The normalized spacial score (nSPS) is 10.5. The first-order valence-corrected chi connectivity index (χ1v) is 7.69. The van der Waals surface area contributed by atoms with Crippen molar-refractivity contribution in [1.29, 1.82) is 0 Å².